The van der Waals surface area contributed by atoms with Crippen molar-refractivity contribution >= 4 is 28.6 Å². The molecule has 1 unspecified atom stereocenters. The minimum atomic E-state index is -4.36. The zero-order chi connectivity index (χ0) is 10.9. The molecule has 7 heteroatoms. The van der Waals surface area contributed by atoms with Gasteiger partial charge in [0.25, 0.3) is 0 Å². The van der Waals surface area contributed by atoms with Crippen LogP contribution in [0.3, 0.4) is 0 Å². The van der Waals surface area contributed by atoms with Crippen LogP contribution in [0.4, 0.5) is 8.78 Å². The van der Waals surface area contributed by atoms with Gasteiger partial charge < -0.3 is 19.4 Å². The van der Waals surface area contributed by atoms with Crippen molar-refractivity contribution in [1.29, 1.82) is 0 Å². The number of aliphatic carboxylic acids is 1. The second kappa shape index (κ2) is 3.81. The number of carbonyl (C=O) groups is 1. The van der Waals surface area contributed by atoms with Gasteiger partial charge in [0.1, 0.15) is 11.7 Å². The standard InChI is InChI=1S/C7H5F2IO4/c8-7(9,6(12)13)5(11)3-1-2-4(10)14-3/h1-2,5,11H,(H,12,13)/p-1. The highest BCUT2D eigenvalue weighted by Crippen LogP contribution is 2.31. The van der Waals surface area contributed by atoms with Crippen LogP contribution in [0, 0.1) is 3.77 Å². The van der Waals surface area contributed by atoms with E-state index < -0.39 is 23.8 Å². The first kappa shape index (κ1) is 11.4. The highest BCUT2D eigenvalue weighted by atomic mass is 127. The van der Waals surface area contributed by atoms with Crippen molar-refractivity contribution < 1.29 is 28.2 Å². The van der Waals surface area contributed by atoms with E-state index in [9.17, 15) is 18.7 Å². The van der Waals surface area contributed by atoms with Crippen molar-refractivity contribution in [3.8, 4) is 0 Å². The Morgan fingerprint density at radius 1 is 1.64 bits per heavy atom. The molecule has 14 heavy (non-hydrogen) atoms. The third kappa shape index (κ3) is 2.03. The maximum absolute atomic E-state index is 12.7. The monoisotopic (exact) mass is 317 g/mol. The summed E-state index contributed by atoms with van der Waals surface area (Å²) in [5, 5.41) is 18.9. The van der Waals surface area contributed by atoms with E-state index in [0.717, 1.165) is 6.07 Å². The Hall–Kier alpha value is -0.700. The number of aliphatic hydroxyl groups is 1. The van der Waals surface area contributed by atoms with Crippen molar-refractivity contribution in [2.24, 2.45) is 0 Å². The van der Waals surface area contributed by atoms with Crippen LogP contribution in [0.1, 0.15) is 11.9 Å². The van der Waals surface area contributed by atoms with Gasteiger partial charge in [0, 0.05) is 0 Å². The number of carbonyl (C=O) groups excluding carboxylic acids is 1. The lowest BCUT2D eigenvalue weighted by molar-refractivity contribution is -0.337. The largest absolute Gasteiger partial charge is 0.544 e. The molecule has 0 spiro atoms. The van der Waals surface area contributed by atoms with E-state index in [1.807, 2.05) is 0 Å². The lowest BCUT2D eigenvalue weighted by atomic mass is 10.1. The second-order valence-electron chi connectivity index (χ2n) is 2.45. The molecule has 1 aromatic heterocycles. The number of hydrogen-bond acceptors (Lipinski definition) is 4. The van der Waals surface area contributed by atoms with Crippen molar-refractivity contribution in [3.05, 3.63) is 21.7 Å². The molecule has 1 N–H and O–H groups in total. The van der Waals surface area contributed by atoms with Crippen LogP contribution >= 0.6 is 22.6 Å². The summed E-state index contributed by atoms with van der Waals surface area (Å²) in [4.78, 5) is 9.98. The van der Waals surface area contributed by atoms with Gasteiger partial charge >= 0.3 is 5.92 Å². The Balaban J connectivity index is 2.95. The van der Waals surface area contributed by atoms with E-state index in [-0.39, 0.29) is 3.77 Å². The molecule has 1 rings (SSSR count). The molecule has 0 aromatic carbocycles. The summed E-state index contributed by atoms with van der Waals surface area (Å²) >= 11 is 1.69. The summed E-state index contributed by atoms with van der Waals surface area (Å²) in [6.07, 6.45) is -2.53. The Kier molecular flexibility index (Phi) is 3.10. The third-order valence-corrected chi connectivity index (χ3v) is 2.06. The fourth-order valence-corrected chi connectivity index (χ4v) is 1.20. The van der Waals surface area contributed by atoms with E-state index in [1.54, 1.807) is 22.6 Å². The predicted octanol–water partition coefficient (Wildman–Crippen LogP) is 0.303. The highest BCUT2D eigenvalue weighted by molar-refractivity contribution is 14.1. The molecule has 78 valence electrons. The summed E-state index contributed by atoms with van der Waals surface area (Å²) < 4.78 is 30.2. The summed E-state index contributed by atoms with van der Waals surface area (Å²) in [5.41, 5.74) is 0. The van der Waals surface area contributed by atoms with Gasteiger partial charge in [-0.05, 0) is 34.7 Å². The Bertz CT molecular complexity index is 349. The van der Waals surface area contributed by atoms with Gasteiger partial charge in [-0.25, -0.2) is 0 Å². The lowest BCUT2D eigenvalue weighted by Gasteiger charge is -2.21. The van der Waals surface area contributed by atoms with Crippen LogP contribution in [0.25, 0.3) is 0 Å². The molecule has 0 aliphatic heterocycles. The van der Waals surface area contributed by atoms with Crippen LogP contribution in [0.5, 0.6) is 0 Å². The minimum absolute atomic E-state index is 0.269. The van der Waals surface area contributed by atoms with E-state index in [2.05, 4.69) is 4.42 Å². The van der Waals surface area contributed by atoms with Gasteiger partial charge in [0.15, 0.2) is 9.87 Å². The molecule has 0 amide bonds. The lowest BCUT2D eigenvalue weighted by Crippen LogP contribution is -2.45. The second-order valence-corrected chi connectivity index (χ2v) is 3.52. The zero-order valence-corrected chi connectivity index (χ0v) is 8.70. The Labute approximate surface area is 90.7 Å². The summed E-state index contributed by atoms with van der Waals surface area (Å²) in [7, 11) is 0. The van der Waals surface area contributed by atoms with Crippen LogP contribution in [-0.2, 0) is 4.79 Å². The molecule has 0 bridgehead atoms. The van der Waals surface area contributed by atoms with Crippen LogP contribution in [-0.4, -0.2) is 17.0 Å². The number of halogens is 3. The first-order chi connectivity index (χ1) is 6.35. The molecule has 0 saturated carbocycles. The van der Waals surface area contributed by atoms with Gasteiger partial charge in [0.2, 0.25) is 0 Å². The van der Waals surface area contributed by atoms with Gasteiger partial charge in [-0.2, -0.15) is 8.78 Å². The van der Waals surface area contributed by atoms with Crippen molar-refractivity contribution in [3.63, 3.8) is 0 Å². The summed E-state index contributed by atoms with van der Waals surface area (Å²) in [5.74, 6) is -7.51. The zero-order valence-electron chi connectivity index (χ0n) is 6.54. The molecule has 0 radical (unpaired) electrons. The topological polar surface area (TPSA) is 73.5 Å². The number of carboxylic acids is 1. The van der Waals surface area contributed by atoms with Crippen LogP contribution < -0.4 is 5.11 Å². The fraction of sp³-hybridized carbons (Fsp3) is 0.286. The van der Waals surface area contributed by atoms with Crippen molar-refractivity contribution in [2.45, 2.75) is 12.0 Å². The predicted molar refractivity (Wildman–Crippen MR) is 46.3 cm³/mol. The van der Waals surface area contributed by atoms with E-state index in [1.165, 1.54) is 6.07 Å². The third-order valence-electron chi connectivity index (χ3n) is 1.48. The molecule has 1 atom stereocenters. The maximum Gasteiger partial charge on any atom is 0.319 e. The maximum atomic E-state index is 12.7. The normalized spacial score (nSPS) is 14.0. The molecule has 1 aromatic rings. The molecule has 4 nitrogen and oxygen atoms in total. The number of rotatable bonds is 3. The Morgan fingerprint density at radius 3 is 2.57 bits per heavy atom. The fourth-order valence-electron chi connectivity index (χ4n) is 0.766. The number of furan rings is 1. The highest BCUT2D eigenvalue weighted by Gasteiger charge is 2.43. The summed E-state index contributed by atoms with van der Waals surface area (Å²) in [6.45, 7) is 0. The quantitative estimate of drug-likeness (QED) is 0.814. The molecule has 0 aliphatic carbocycles. The molecular formula is C7H4F2IO4-. The molecule has 0 saturated heterocycles. The number of aliphatic hydroxyl groups excluding tert-OH is 1. The van der Waals surface area contributed by atoms with Crippen LogP contribution in [0.15, 0.2) is 16.5 Å². The Morgan fingerprint density at radius 2 is 2.21 bits per heavy atom. The average Bonchev–Trinajstić information content (AvgIpc) is 2.50. The average molecular weight is 317 g/mol. The minimum Gasteiger partial charge on any atom is -0.544 e. The van der Waals surface area contributed by atoms with Crippen LogP contribution in [0.2, 0.25) is 0 Å². The number of carboxylic acid groups (broad SMARTS) is 1. The van der Waals surface area contributed by atoms with Gasteiger partial charge in [-0.15, -0.1) is 0 Å². The van der Waals surface area contributed by atoms with Gasteiger partial charge in [-0.3, -0.25) is 0 Å². The van der Waals surface area contributed by atoms with Crippen molar-refractivity contribution in [2.75, 3.05) is 0 Å². The molecule has 1 heterocycles. The summed E-state index contributed by atoms with van der Waals surface area (Å²) in [6, 6.07) is 2.40. The first-order valence-corrected chi connectivity index (χ1v) is 4.46. The molecule has 0 aliphatic rings. The van der Waals surface area contributed by atoms with E-state index >= 15 is 0 Å². The van der Waals surface area contributed by atoms with Gasteiger partial charge in [0.05, 0.1) is 0 Å². The molecular weight excluding hydrogens is 313 g/mol. The SMILES string of the molecule is O=C([O-])C(F)(F)C(O)c1ccc(I)o1. The van der Waals surface area contributed by atoms with Gasteiger partial charge in [-0.1, -0.05) is 0 Å². The van der Waals surface area contributed by atoms with E-state index in [0.29, 0.717) is 0 Å². The smallest absolute Gasteiger partial charge is 0.319 e. The number of alkyl halides is 2. The number of hydrogen-bond donors (Lipinski definition) is 1. The van der Waals surface area contributed by atoms with E-state index in [4.69, 9.17) is 5.11 Å². The molecule has 0 fully saturated rings. The first-order valence-electron chi connectivity index (χ1n) is 3.38. The van der Waals surface area contributed by atoms with Crippen molar-refractivity contribution in [1.82, 2.24) is 0 Å².